The minimum atomic E-state index is -0.219. The first-order valence-electron chi connectivity index (χ1n) is 4.40. The van der Waals surface area contributed by atoms with Crippen LogP contribution in [0.4, 0.5) is 0 Å². The quantitative estimate of drug-likeness (QED) is 0.579. The lowest BCUT2D eigenvalue weighted by atomic mass is 10.0. The van der Waals surface area contributed by atoms with Gasteiger partial charge in [0.05, 0.1) is 0 Å². The van der Waals surface area contributed by atoms with E-state index in [9.17, 15) is 0 Å². The highest BCUT2D eigenvalue weighted by Gasteiger charge is 2.29. The summed E-state index contributed by atoms with van der Waals surface area (Å²) in [5.41, 5.74) is 6.53. The van der Waals surface area contributed by atoms with Gasteiger partial charge in [-0.15, -0.1) is 0 Å². The maximum atomic E-state index is 5.90. The molecule has 1 heterocycles. The maximum Gasteiger partial charge on any atom is 0.128 e. The number of hydrogen-bond donors (Lipinski definition) is 3. The van der Waals surface area contributed by atoms with Gasteiger partial charge in [-0.3, -0.25) is 5.32 Å². The number of nitrogens with one attached hydrogen (secondary N) is 2. The summed E-state index contributed by atoms with van der Waals surface area (Å²) >= 11 is 0. The molecule has 0 fully saturated rings. The molecule has 3 heteroatoms. The summed E-state index contributed by atoms with van der Waals surface area (Å²) in [5, 5.41) is 6.59. The number of dihydropyridines is 1. The van der Waals surface area contributed by atoms with E-state index >= 15 is 0 Å². The lowest BCUT2D eigenvalue weighted by Gasteiger charge is -2.36. The van der Waals surface area contributed by atoms with Gasteiger partial charge in [-0.2, -0.15) is 0 Å². The minimum absolute atomic E-state index is 0.219. The van der Waals surface area contributed by atoms with E-state index in [0.717, 1.165) is 18.7 Å². The fraction of sp³-hybridized carbons (Fsp3) is 0.556. The van der Waals surface area contributed by atoms with E-state index in [1.54, 1.807) is 0 Å². The molecule has 0 amide bonds. The molecule has 0 aromatic heterocycles. The van der Waals surface area contributed by atoms with Crippen LogP contribution in [0.25, 0.3) is 0 Å². The molecule has 68 valence electrons. The Labute approximate surface area is 73.7 Å². The molecule has 0 aliphatic carbocycles. The molecule has 1 aliphatic heterocycles. The number of hydrogen-bond acceptors (Lipinski definition) is 3. The molecule has 0 saturated heterocycles. The van der Waals surface area contributed by atoms with Gasteiger partial charge in [-0.05, 0) is 31.3 Å². The van der Waals surface area contributed by atoms with Crippen LogP contribution in [0.5, 0.6) is 0 Å². The van der Waals surface area contributed by atoms with Gasteiger partial charge in [-0.1, -0.05) is 13.8 Å². The third-order valence-corrected chi connectivity index (χ3v) is 2.20. The van der Waals surface area contributed by atoms with E-state index < -0.39 is 0 Å². The van der Waals surface area contributed by atoms with Gasteiger partial charge in [0.2, 0.25) is 0 Å². The SMILES string of the molecule is CCNC1(CC)NC=CC=C1N. The van der Waals surface area contributed by atoms with Crippen molar-refractivity contribution in [3.05, 3.63) is 24.0 Å². The molecule has 0 radical (unpaired) electrons. The molecule has 0 bridgehead atoms. The van der Waals surface area contributed by atoms with Crippen LogP contribution in [-0.4, -0.2) is 12.2 Å². The Morgan fingerprint density at radius 2 is 2.33 bits per heavy atom. The summed E-state index contributed by atoms with van der Waals surface area (Å²) in [4.78, 5) is 0. The van der Waals surface area contributed by atoms with E-state index in [-0.39, 0.29) is 5.66 Å². The Morgan fingerprint density at radius 3 is 2.83 bits per heavy atom. The van der Waals surface area contributed by atoms with Crippen LogP contribution in [0.1, 0.15) is 20.3 Å². The van der Waals surface area contributed by atoms with E-state index in [2.05, 4.69) is 24.5 Å². The van der Waals surface area contributed by atoms with Gasteiger partial charge in [0.1, 0.15) is 5.66 Å². The molecule has 3 nitrogen and oxygen atoms in total. The number of rotatable bonds is 3. The molecule has 0 spiro atoms. The number of allylic oxidation sites excluding steroid dienone is 2. The van der Waals surface area contributed by atoms with Crippen molar-refractivity contribution in [2.75, 3.05) is 6.54 Å². The first-order valence-corrected chi connectivity index (χ1v) is 4.40. The first-order chi connectivity index (χ1) is 5.75. The summed E-state index contributed by atoms with van der Waals surface area (Å²) in [6.07, 6.45) is 6.71. The second-order valence-corrected chi connectivity index (χ2v) is 2.91. The molecule has 1 aliphatic rings. The van der Waals surface area contributed by atoms with Crippen LogP contribution in [0, 0.1) is 0 Å². The average Bonchev–Trinajstić information content (AvgIpc) is 2.10. The smallest absolute Gasteiger partial charge is 0.128 e. The second-order valence-electron chi connectivity index (χ2n) is 2.91. The van der Waals surface area contributed by atoms with E-state index in [4.69, 9.17) is 5.73 Å². The van der Waals surface area contributed by atoms with Crippen molar-refractivity contribution >= 4 is 0 Å². The highest BCUT2D eigenvalue weighted by atomic mass is 15.2. The summed E-state index contributed by atoms with van der Waals surface area (Å²) < 4.78 is 0. The van der Waals surface area contributed by atoms with Gasteiger partial charge in [0.25, 0.3) is 0 Å². The van der Waals surface area contributed by atoms with Crippen LogP contribution in [0.3, 0.4) is 0 Å². The van der Waals surface area contributed by atoms with E-state index in [1.807, 2.05) is 18.4 Å². The van der Waals surface area contributed by atoms with Crippen molar-refractivity contribution in [2.24, 2.45) is 5.73 Å². The van der Waals surface area contributed by atoms with Crippen molar-refractivity contribution in [1.82, 2.24) is 10.6 Å². The largest absolute Gasteiger partial charge is 0.399 e. The van der Waals surface area contributed by atoms with Crippen LogP contribution in [0.15, 0.2) is 24.0 Å². The van der Waals surface area contributed by atoms with Gasteiger partial charge >= 0.3 is 0 Å². The van der Waals surface area contributed by atoms with E-state index in [0.29, 0.717) is 0 Å². The molecule has 1 rings (SSSR count). The zero-order valence-corrected chi connectivity index (χ0v) is 7.72. The summed E-state index contributed by atoms with van der Waals surface area (Å²) in [5.74, 6) is 0. The van der Waals surface area contributed by atoms with Crippen molar-refractivity contribution < 1.29 is 0 Å². The molecule has 1 unspecified atom stereocenters. The van der Waals surface area contributed by atoms with Crippen LogP contribution < -0.4 is 16.4 Å². The molecule has 0 aromatic carbocycles. The third kappa shape index (κ3) is 1.46. The fourth-order valence-electron chi connectivity index (χ4n) is 1.45. The lowest BCUT2D eigenvalue weighted by Crippen LogP contribution is -2.58. The predicted molar refractivity (Wildman–Crippen MR) is 51.2 cm³/mol. The molecule has 0 aromatic rings. The highest BCUT2D eigenvalue weighted by molar-refractivity contribution is 5.26. The van der Waals surface area contributed by atoms with Crippen molar-refractivity contribution in [1.29, 1.82) is 0 Å². The van der Waals surface area contributed by atoms with Gasteiger partial charge in [-0.25, -0.2) is 0 Å². The zero-order valence-electron chi connectivity index (χ0n) is 7.72. The fourth-order valence-corrected chi connectivity index (χ4v) is 1.45. The van der Waals surface area contributed by atoms with Crippen molar-refractivity contribution in [3.8, 4) is 0 Å². The Morgan fingerprint density at radius 1 is 1.58 bits per heavy atom. The molecular formula is C9H17N3. The molecule has 1 atom stereocenters. The minimum Gasteiger partial charge on any atom is -0.399 e. The van der Waals surface area contributed by atoms with Crippen LogP contribution >= 0.6 is 0 Å². The summed E-state index contributed by atoms with van der Waals surface area (Å²) in [6, 6.07) is 0. The maximum absolute atomic E-state index is 5.90. The summed E-state index contributed by atoms with van der Waals surface area (Å²) in [7, 11) is 0. The zero-order chi connectivity index (χ0) is 9.03. The van der Waals surface area contributed by atoms with E-state index in [1.165, 1.54) is 0 Å². The van der Waals surface area contributed by atoms with Gasteiger partial charge < -0.3 is 11.1 Å². The number of nitrogens with two attached hydrogens (primary N) is 1. The van der Waals surface area contributed by atoms with Gasteiger partial charge in [0.15, 0.2) is 0 Å². The Kier molecular flexibility index (Phi) is 2.76. The summed E-state index contributed by atoms with van der Waals surface area (Å²) in [6.45, 7) is 5.09. The Balaban J connectivity index is 2.79. The average molecular weight is 167 g/mol. The van der Waals surface area contributed by atoms with Crippen molar-refractivity contribution in [2.45, 2.75) is 25.9 Å². The predicted octanol–water partition coefficient (Wildman–Crippen LogP) is 0.662. The third-order valence-electron chi connectivity index (χ3n) is 2.20. The standard InChI is InChI=1S/C9H17N3/c1-3-9(11-4-2)8(10)6-5-7-12-9/h5-7,11-12H,3-4,10H2,1-2H3. The second kappa shape index (κ2) is 3.63. The Bertz CT molecular complexity index is 208. The molecule has 4 N–H and O–H groups in total. The molecular weight excluding hydrogens is 150 g/mol. The lowest BCUT2D eigenvalue weighted by molar-refractivity contribution is 0.329. The Hall–Kier alpha value is -0.960. The monoisotopic (exact) mass is 167 g/mol. The number of likely N-dealkylation sites (N-methyl/N-ethyl adjacent to an activating group) is 1. The van der Waals surface area contributed by atoms with Crippen molar-refractivity contribution in [3.63, 3.8) is 0 Å². The normalized spacial score (nSPS) is 28.0. The first kappa shape index (κ1) is 9.13. The molecule has 0 saturated carbocycles. The van der Waals surface area contributed by atoms with Gasteiger partial charge in [0, 0.05) is 5.70 Å². The molecule has 12 heavy (non-hydrogen) atoms. The highest BCUT2D eigenvalue weighted by Crippen LogP contribution is 2.16. The van der Waals surface area contributed by atoms with Crippen LogP contribution in [0.2, 0.25) is 0 Å². The topological polar surface area (TPSA) is 50.1 Å². The van der Waals surface area contributed by atoms with Crippen LogP contribution in [-0.2, 0) is 0 Å².